The maximum Gasteiger partial charge on any atom is 0.471 e. The number of ether oxygens (including phenoxy) is 1. The Morgan fingerprint density at radius 2 is 1.66 bits per heavy atom. The number of sulfonamides is 1. The second-order valence-electron chi connectivity index (χ2n) is 7.46. The molecule has 0 saturated heterocycles. The molecule has 1 unspecified atom stereocenters. The van der Waals surface area contributed by atoms with Gasteiger partial charge in [-0.1, -0.05) is 17.7 Å². The minimum Gasteiger partial charge on any atom is -0.466 e. The first-order chi connectivity index (χ1) is 15.0. The van der Waals surface area contributed by atoms with Crippen molar-refractivity contribution in [3.05, 3.63) is 29.8 Å². The first kappa shape index (κ1) is 27.9. The van der Waals surface area contributed by atoms with Gasteiger partial charge in [-0.15, -0.1) is 0 Å². The van der Waals surface area contributed by atoms with Crippen molar-refractivity contribution in [3.8, 4) is 0 Å². The highest BCUT2D eigenvalue weighted by Crippen LogP contribution is 2.20. The van der Waals surface area contributed by atoms with E-state index in [1.807, 2.05) is 12.2 Å². The third-order valence-corrected chi connectivity index (χ3v) is 6.28. The molecule has 2 N–H and O–H groups in total. The van der Waals surface area contributed by atoms with Gasteiger partial charge in [0.2, 0.25) is 10.0 Å². The number of esters is 1. The zero-order valence-corrected chi connectivity index (χ0v) is 19.2. The van der Waals surface area contributed by atoms with Gasteiger partial charge in [-0.2, -0.15) is 13.2 Å². The van der Waals surface area contributed by atoms with Crippen LogP contribution in [0.3, 0.4) is 0 Å². The van der Waals surface area contributed by atoms with Crippen LogP contribution in [0.15, 0.2) is 29.2 Å². The van der Waals surface area contributed by atoms with Crippen LogP contribution in [0.4, 0.5) is 13.2 Å². The lowest BCUT2D eigenvalue weighted by atomic mass is 9.93. The fraction of sp³-hybridized carbons (Fsp3) is 0.619. The number of nitrogens with one attached hydrogen (secondary N) is 2. The number of carbonyl (C=O) groups is 2. The third-order valence-electron chi connectivity index (χ3n) is 4.81. The molecule has 0 aliphatic heterocycles. The summed E-state index contributed by atoms with van der Waals surface area (Å²) in [5.74, 6) is -2.35. The number of amides is 1. The summed E-state index contributed by atoms with van der Waals surface area (Å²) in [5, 5.41) is 1.83. The van der Waals surface area contributed by atoms with E-state index >= 15 is 0 Å². The molecule has 11 heteroatoms. The molecule has 0 aliphatic rings. The molecular formula is C21H31F3N2O5S. The summed E-state index contributed by atoms with van der Waals surface area (Å²) in [6.07, 6.45) is -2.39. The topological polar surface area (TPSA) is 102 Å². The van der Waals surface area contributed by atoms with Crippen molar-refractivity contribution in [2.75, 3.05) is 19.7 Å². The molecule has 1 aromatic rings. The van der Waals surface area contributed by atoms with E-state index in [2.05, 4.69) is 4.72 Å². The Hall–Kier alpha value is -2.14. The van der Waals surface area contributed by atoms with Crippen LogP contribution in [-0.4, -0.2) is 46.2 Å². The number of aryl methyl sites for hydroxylation is 1. The Morgan fingerprint density at radius 3 is 2.25 bits per heavy atom. The van der Waals surface area contributed by atoms with Gasteiger partial charge in [0.05, 0.1) is 11.5 Å². The first-order valence-electron chi connectivity index (χ1n) is 10.5. The van der Waals surface area contributed by atoms with Gasteiger partial charge in [0.1, 0.15) is 0 Å². The second-order valence-corrected chi connectivity index (χ2v) is 9.23. The molecule has 0 radical (unpaired) electrons. The maximum atomic E-state index is 12.4. The molecule has 0 heterocycles. The van der Waals surface area contributed by atoms with Crippen molar-refractivity contribution in [2.45, 2.75) is 63.4 Å². The van der Waals surface area contributed by atoms with Crippen LogP contribution in [0.1, 0.15) is 51.0 Å². The van der Waals surface area contributed by atoms with Gasteiger partial charge in [0, 0.05) is 19.5 Å². The summed E-state index contributed by atoms with van der Waals surface area (Å²) in [4.78, 5) is 22.6. The van der Waals surface area contributed by atoms with Crippen molar-refractivity contribution < 1.29 is 35.9 Å². The zero-order chi connectivity index (χ0) is 24.2. The fourth-order valence-corrected chi connectivity index (χ4v) is 4.14. The van der Waals surface area contributed by atoms with Crippen LogP contribution in [-0.2, 0) is 24.3 Å². The van der Waals surface area contributed by atoms with Crippen molar-refractivity contribution >= 4 is 21.9 Å². The Labute approximate surface area is 187 Å². The van der Waals surface area contributed by atoms with Gasteiger partial charge in [-0.05, 0) is 64.0 Å². The zero-order valence-electron chi connectivity index (χ0n) is 18.3. The van der Waals surface area contributed by atoms with Gasteiger partial charge in [-0.3, -0.25) is 9.59 Å². The smallest absolute Gasteiger partial charge is 0.466 e. The summed E-state index contributed by atoms with van der Waals surface area (Å²) in [7, 11) is -3.67. The fourth-order valence-electron chi connectivity index (χ4n) is 3.09. The minimum atomic E-state index is -4.92. The summed E-state index contributed by atoms with van der Waals surface area (Å²) in [6, 6.07) is 6.42. The summed E-state index contributed by atoms with van der Waals surface area (Å²) < 4.78 is 69.0. The van der Waals surface area contributed by atoms with Gasteiger partial charge >= 0.3 is 18.1 Å². The Morgan fingerprint density at radius 1 is 1.03 bits per heavy atom. The van der Waals surface area contributed by atoms with Gasteiger partial charge in [0.25, 0.3) is 0 Å². The van der Waals surface area contributed by atoms with Crippen LogP contribution in [0, 0.1) is 12.8 Å². The minimum absolute atomic E-state index is 0.0343. The Kier molecular flexibility index (Phi) is 11.7. The molecule has 0 spiro atoms. The Balaban J connectivity index is 2.56. The molecule has 1 rings (SSSR count). The number of rotatable bonds is 14. The molecule has 0 aromatic heterocycles. The van der Waals surface area contributed by atoms with Crippen LogP contribution >= 0.6 is 0 Å². The molecule has 32 heavy (non-hydrogen) atoms. The van der Waals surface area contributed by atoms with E-state index in [1.54, 1.807) is 19.1 Å². The van der Waals surface area contributed by atoms with E-state index in [0.717, 1.165) is 5.56 Å². The van der Waals surface area contributed by atoms with Gasteiger partial charge < -0.3 is 10.1 Å². The maximum absolute atomic E-state index is 12.4. The van der Waals surface area contributed by atoms with Crippen LogP contribution in [0.5, 0.6) is 0 Å². The largest absolute Gasteiger partial charge is 0.471 e. The lowest BCUT2D eigenvalue weighted by molar-refractivity contribution is -0.173. The quantitative estimate of drug-likeness (QED) is 0.314. The highest BCUT2D eigenvalue weighted by molar-refractivity contribution is 7.89. The molecule has 0 saturated carbocycles. The molecule has 1 aromatic carbocycles. The average molecular weight is 481 g/mol. The van der Waals surface area contributed by atoms with Crippen molar-refractivity contribution in [3.63, 3.8) is 0 Å². The number of benzene rings is 1. The van der Waals surface area contributed by atoms with E-state index in [0.29, 0.717) is 32.1 Å². The molecule has 182 valence electrons. The molecule has 0 bridgehead atoms. The van der Waals surface area contributed by atoms with E-state index < -0.39 is 22.1 Å². The highest BCUT2D eigenvalue weighted by atomic mass is 32.2. The van der Waals surface area contributed by atoms with E-state index in [4.69, 9.17) is 4.74 Å². The van der Waals surface area contributed by atoms with E-state index in [9.17, 15) is 31.2 Å². The van der Waals surface area contributed by atoms with E-state index in [-0.39, 0.29) is 42.9 Å². The molecule has 1 amide bonds. The number of alkyl halides is 3. The highest BCUT2D eigenvalue weighted by Gasteiger charge is 2.38. The third kappa shape index (κ3) is 10.9. The van der Waals surface area contributed by atoms with Gasteiger partial charge in [-0.25, -0.2) is 13.1 Å². The van der Waals surface area contributed by atoms with Crippen LogP contribution in [0.25, 0.3) is 0 Å². The second kappa shape index (κ2) is 13.4. The van der Waals surface area contributed by atoms with Crippen molar-refractivity contribution in [2.24, 2.45) is 5.92 Å². The lowest BCUT2D eigenvalue weighted by Gasteiger charge is -2.18. The summed E-state index contributed by atoms with van der Waals surface area (Å²) in [5.41, 5.74) is 0.934. The molecule has 0 aliphatic carbocycles. The number of carbonyl (C=O) groups excluding carboxylic acids is 2. The molecular weight excluding hydrogens is 449 g/mol. The van der Waals surface area contributed by atoms with Crippen LogP contribution in [0.2, 0.25) is 0 Å². The average Bonchev–Trinajstić information content (AvgIpc) is 2.70. The molecule has 0 fully saturated rings. The number of halogens is 3. The first-order valence-corrected chi connectivity index (χ1v) is 12.0. The van der Waals surface area contributed by atoms with E-state index in [1.165, 1.54) is 12.1 Å². The van der Waals surface area contributed by atoms with Gasteiger partial charge in [0.15, 0.2) is 0 Å². The van der Waals surface area contributed by atoms with Crippen molar-refractivity contribution in [1.82, 2.24) is 10.0 Å². The Bertz CT molecular complexity index is 827. The summed E-state index contributed by atoms with van der Waals surface area (Å²) in [6.45, 7) is 3.84. The number of hydrogen-bond acceptors (Lipinski definition) is 5. The molecule has 7 nitrogen and oxygen atoms in total. The summed E-state index contributed by atoms with van der Waals surface area (Å²) >= 11 is 0. The normalized spacial score (nSPS) is 12.9. The molecule has 1 atom stereocenters. The SMILES string of the molecule is CCOC(=O)CCCC(CCCNC(=O)C(F)(F)F)CCNS(=O)(=O)c1ccc(C)cc1. The van der Waals surface area contributed by atoms with Crippen molar-refractivity contribution in [1.29, 1.82) is 0 Å². The van der Waals surface area contributed by atoms with Crippen LogP contribution < -0.4 is 10.0 Å². The predicted molar refractivity (Wildman–Crippen MR) is 113 cm³/mol. The standard InChI is InChI=1S/C21H31F3N2O5S/c1-3-31-19(27)8-4-6-17(7-5-14-25-20(28)21(22,23)24)13-15-26-32(29,30)18-11-9-16(2)10-12-18/h9-12,17,26H,3-8,13-15H2,1-2H3,(H,25,28). The number of hydrogen-bond donors (Lipinski definition) is 2. The predicted octanol–water partition coefficient (Wildman–Crippen LogP) is 3.47. The lowest BCUT2D eigenvalue weighted by Crippen LogP contribution is -2.37. The monoisotopic (exact) mass is 480 g/mol.